The summed E-state index contributed by atoms with van der Waals surface area (Å²) in [5.41, 5.74) is 5.78. The lowest BCUT2D eigenvalue weighted by Crippen LogP contribution is -2.15. The van der Waals surface area contributed by atoms with E-state index < -0.39 is 5.97 Å². The molecular formula is C27H27N3O3. The zero-order valence-electron chi connectivity index (χ0n) is 19.0. The van der Waals surface area contributed by atoms with E-state index >= 15 is 0 Å². The highest BCUT2D eigenvalue weighted by atomic mass is 16.4. The van der Waals surface area contributed by atoms with Crippen molar-refractivity contribution in [3.8, 4) is 0 Å². The number of imidazole rings is 1. The molecule has 0 aliphatic rings. The SMILES string of the molecule is CC(C)(C)c1ccc(CC(=O)Nc2cccc3c2ncn3Cc2ccc(C(=O)O)cc2)cc1. The summed E-state index contributed by atoms with van der Waals surface area (Å²) in [5, 5.41) is 12.1. The molecule has 4 rings (SSSR count). The van der Waals surface area contributed by atoms with Crippen LogP contribution in [0.25, 0.3) is 11.0 Å². The quantitative estimate of drug-likeness (QED) is 0.427. The Morgan fingerprint density at radius 2 is 1.61 bits per heavy atom. The topological polar surface area (TPSA) is 84.2 Å². The van der Waals surface area contributed by atoms with E-state index in [-0.39, 0.29) is 23.3 Å². The monoisotopic (exact) mass is 441 g/mol. The number of carboxylic acid groups (broad SMARTS) is 1. The molecule has 6 nitrogen and oxygen atoms in total. The van der Waals surface area contributed by atoms with Crippen molar-refractivity contribution in [3.05, 3.63) is 95.3 Å². The number of rotatable bonds is 6. The molecule has 0 spiro atoms. The first kappa shape index (κ1) is 22.3. The van der Waals surface area contributed by atoms with Crippen molar-refractivity contribution in [2.45, 2.75) is 39.2 Å². The Hall–Kier alpha value is -3.93. The Kier molecular flexibility index (Phi) is 6.01. The van der Waals surface area contributed by atoms with Crippen LogP contribution in [0.15, 0.2) is 73.1 Å². The van der Waals surface area contributed by atoms with Crippen molar-refractivity contribution in [1.29, 1.82) is 0 Å². The van der Waals surface area contributed by atoms with Crippen LogP contribution in [0.4, 0.5) is 5.69 Å². The van der Waals surface area contributed by atoms with Gasteiger partial charge in [-0.3, -0.25) is 4.79 Å². The summed E-state index contributed by atoms with van der Waals surface area (Å²) in [6.45, 7) is 7.05. The molecule has 1 aromatic heterocycles. The molecule has 1 heterocycles. The second kappa shape index (κ2) is 8.90. The minimum absolute atomic E-state index is 0.0769. The molecule has 0 unspecified atom stereocenters. The zero-order valence-corrected chi connectivity index (χ0v) is 19.0. The van der Waals surface area contributed by atoms with Gasteiger partial charge in [0.25, 0.3) is 0 Å². The molecule has 0 aliphatic carbocycles. The Morgan fingerprint density at radius 3 is 2.24 bits per heavy atom. The number of hydrogen-bond acceptors (Lipinski definition) is 3. The van der Waals surface area contributed by atoms with Crippen molar-refractivity contribution < 1.29 is 14.7 Å². The molecule has 0 saturated carbocycles. The van der Waals surface area contributed by atoms with Crippen LogP contribution in [0, 0.1) is 0 Å². The predicted molar refractivity (Wildman–Crippen MR) is 130 cm³/mol. The smallest absolute Gasteiger partial charge is 0.335 e. The number of nitrogens with zero attached hydrogens (tertiary/aromatic N) is 2. The lowest BCUT2D eigenvalue weighted by Gasteiger charge is -2.19. The molecule has 0 aliphatic heterocycles. The lowest BCUT2D eigenvalue weighted by molar-refractivity contribution is -0.115. The summed E-state index contributed by atoms with van der Waals surface area (Å²) in [5.74, 6) is -1.04. The summed E-state index contributed by atoms with van der Waals surface area (Å²) >= 11 is 0. The van der Waals surface area contributed by atoms with Gasteiger partial charge in [-0.05, 0) is 46.4 Å². The number of aromatic nitrogens is 2. The van der Waals surface area contributed by atoms with E-state index in [1.165, 1.54) is 5.56 Å². The molecule has 33 heavy (non-hydrogen) atoms. The minimum Gasteiger partial charge on any atom is -0.478 e. The molecule has 168 valence electrons. The van der Waals surface area contributed by atoms with Gasteiger partial charge in [-0.2, -0.15) is 0 Å². The number of para-hydroxylation sites is 1. The van der Waals surface area contributed by atoms with Gasteiger partial charge in [-0.1, -0.05) is 63.2 Å². The van der Waals surface area contributed by atoms with Gasteiger partial charge in [0.05, 0.1) is 29.5 Å². The second-order valence-electron chi connectivity index (χ2n) is 9.22. The van der Waals surface area contributed by atoms with E-state index in [1.54, 1.807) is 30.6 Å². The van der Waals surface area contributed by atoms with Crippen molar-refractivity contribution >= 4 is 28.6 Å². The maximum atomic E-state index is 12.7. The number of anilines is 1. The van der Waals surface area contributed by atoms with Crippen LogP contribution in [-0.4, -0.2) is 26.5 Å². The van der Waals surface area contributed by atoms with E-state index in [1.807, 2.05) is 34.9 Å². The van der Waals surface area contributed by atoms with Gasteiger partial charge in [-0.25, -0.2) is 9.78 Å². The van der Waals surface area contributed by atoms with E-state index in [0.29, 0.717) is 12.2 Å². The maximum absolute atomic E-state index is 12.7. The summed E-state index contributed by atoms with van der Waals surface area (Å²) in [6, 6.07) is 20.6. The number of carbonyl (C=O) groups is 2. The van der Waals surface area contributed by atoms with Gasteiger partial charge < -0.3 is 15.0 Å². The van der Waals surface area contributed by atoms with Gasteiger partial charge in [0.15, 0.2) is 0 Å². The fraction of sp³-hybridized carbons (Fsp3) is 0.222. The highest BCUT2D eigenvalue weighted by Gasteiger charge is 2.14. The van der Waals surface area contributed by atoms with E-state index in [2.05, 4.69) is 43.2 Å². The van der Waals surface area contributed by atoms with Crippen LogP contribution < -0.4 is 5.32 Å². The van der Waals surface area contributed by atoms with Crippen LogP contribution in [-0.2, 0) is 23.2 Å². The van der Waals surface area contributed by atoms with Crippen LogP contribution in [0.5, 0.6) is 0 Å². The number of carbonyl (C=O) groups excluding carboxylic acids is 1. The largest absolute Gasteiger partial charge is 0.478 e. The third-order valence-corrected chi connectivity index (χ3v) is 5.66. The highest BCUT2D eigenvalue weighted by Crippen LogP contribution is 2.24. The maximum Gasteiger partial charge on any atom is 0.335 e. The molecule has 0 saturated heterocycles. The molecule has 1 amide bonds. The minimum atomic E-state index is -0.944. The van der Waals surface area contributed by atoms with Gasteiger partial charge >= 0.3 is 5.97 Å². The van der Waals surface area contributed by atoms with Gasteiger partial charge in [0, 0.05) is 6.54 Å². The lowest BCUT2D eigenvalue weighted by atomic mass is 9.86. The average Bonchev–Trinajstić information content (AvgIpc) is 3.17. The Balaban J connectivity index is 1.48. The number of amides is 1. The van der Waals surface area contributed by atoms with E-state index in [4.69, 9.17) is 5.11 Å². The Morgan fingerprint density at radius 1 is 0.939 bits per heavy atom. The first-order valence-corrected chi connectivity index (χ1v) is 10.9. The summed E-state index contributed by atoms with van der Waals surface area (Å²) in [4.78, 5) is 28.3. The fourth-order valence-electron chi connectivity index (χ4n) is 3.77. The number of benzene rings is 3. The zero-order chi connectivity index (χ0) is 23.6. The summed E-state index contributed by atoms with van der Waals surface area (Å²) < 4.78 is 1.98. The molecule has 0 radical (unpaired) electrons. The number of hydrogen-bond donors (Lipinski definition) is 2. The molecule has 6 heteroatoms. The number of aromatic carboxylic acids is 1. The number of fused-ring (bicyclic) bond motifs is 1. The van der Waals surface area contributed by atoms with Gasteiger partial charge in [0.2, 0.25) is 5.91 Å². The first-order valence-electron chi connectivity index (χ1n) is 10.9. The normalized spacial score (nSPS) is 11.5. The van der Waals surface area contributed by atoms with E-state index in [0.717, 1.165) is 22.2 Å². The molecular weight excluding hydrogens is 414 g/mol. The van der Waals surface area contributed by atoms with Crippen molar-refractivity contribution in [2.75, 3.05) is 5.32 Å². The summed E-state index contributed by atoms with van der Waals surface area (Å²) in [7, 11) is 0. The van der Waals surface area contributed by atoms with Crippen LogP contribution in [0.2, 0.25) is 0 Å². The predicted octanol–water partition coefficient (Wildman–Crippen LogP) is 5.26. The molecule has 0 fully saturated rings. The average molecular weight is 442 g/mol. The van der Waals surface area contributed by atoms with E-state index in [9.17, 15) is 9.59 Å². The molecule has 3 aromatic carbocycles. The fourth-order valence-corrected chi connectivity index (χ4v) is 3.77. The molecule has 4 aromatic rings. The molecule has 0 atom stereocenters. The Labute approximate surface area is 192 Å². The second-order valence-corrected chi connectivity index (χ2v) is 9.22. The van der Waals surface area contributed by atoms with Crippen LogP contribution >= 0.6 is 0 Å². The Bertz CT molecular complexity index is 1300. The number of carboxylic acids is 1. The van der Waals surface area contributed by atoms with Crippen LogP contribution in [0.3, 0.4) is 0 Å². The van der Waals surface area contributed by atoms with Crippen molar-refractivity contribution in [2.24, 2.45) is 0 Å². The van der Waals surface area contributed by atoms with Gasteiger partial charge in [0.1, 0.15) is 5.52 Å². The van der Waals surface area contributed by atoms with Crippen molar-refractivity contribution in [1.82, 2.24) is 9.55 Å². The third-order valence-electron chi connectivity index (χ3n) is 5.66. The standard InChI is InChI=1S/C27H27N3O3/c1-27(2,3)21-13-9-18(10-14-21)15-24(31)29-22-5-4-6-23-25(22)28-17-30(23)16-19-7-11-20(12-8-19)26(32)33/h4-14,17H,15-16H2,1-3H3,(H,29,31)(H,32,33). The highest BCUT2D eigenvalue weighted by molar-refractivity contribution is 6.00. The van der Waals surface area contributed by atoms with Gasteiger partial charge in [-0.15, -0.1) is 0 Å². The summed E-state index contributed by atoms with van der Waals surface area (Å²) in [6.07, 6.45) is 2.02. The van der Waals surface area contributed by atoms with Crippen LogP contribution in [0.1, 0.15) is 47.8 Å². The first-order chi connectivity index (χ1) is 15.7. The number of nitrogens with one attached hydrogen (secondary N) is 1. The molecule has 2 N–H and O–H groups in total. The van der Waals surface area contributed by atoms with Crippen molar-refractivity contribution in [3.63, 3.8) is 0 Å². The molecule has 0 bridgehead atoms. The third kappa shape index (κ3) is 5.12.